The van der Waals surface area contributed by atoms with E-state index in [1.165, 1.54) is 50.5 Å². The number of ketones is 1. The van der Waals surface area contributed by atoms with Crippen LogP contribution in [0, 0.1) is 35.5 Å². The first-order valence-electron chi connectivity index (χ1n) is 15.6. The number of carbonyl (C=O) groups excluding carboxylic acids is 1. The molecule has 6 nitrogen and oxygen atoms in total. The van der Waals surface area contributed by atoms with Crippen LogP contribution in [0.25, 0.3) is 0 Å². The predicted molar refractivity (Wildman–Crippen MR) is 140 cm³/mol. The minimum atomic E-state index is -0.901. The van der Waals surface area contributed by atoms with Gasteiger partial charge in [0.25, 0.3) is 0 Å². The van der Waals surface area contributed by atoms with Gasteiger partial charge in [-0.2, -0.15) is 0 Å². The minimum Gasteiger partial charge on any atom is -0.504 e. The van der Waals surface area contributed by atoms with Gasteiger partial charge in [0.1, 0.15) is 12.7 Å². The van der Waals surface area contributed by atoms with Gasteiger partial charge in [0.15, 0.2) is 17.3 Å². The summed E-state index contributed by atoms with van der Waals surface area (Å²) in [6, 6.07) is 3.88. The zero-order valence-corrected chi connectivity index (χ0v) is 22.3. The van der Waals surface area contributed by atoms with E-state index in [0.29, 0.717) is 36.2 Å². The molecular formula is C32H41NO5. The zero-order chi connectivity index (χ0) is 25.4. The van der Waals surface area contributed by atoms with Crippen LogP contribution in [0.3, 0.4) is 0 Å². The van der Waals surface area contributed by atoms with Crippen LogP contribution >= 0.6 is 0 Å². The van der Waals surface area contributed by atoms with Crippen molar-refractivity contribution >= 4 is 5.78 Å². The lowest BCUT2D eigenvalue weighted by Gasteiger charge is -2.64. The Labute approximate surface area is 225 Å². The molecule has 38 heavy (non-hydrogen) atoms. The topological polar surface area (TPSA) is 79.2 Å². The third-order valence-electron chi connectivity index (χ3n) is 12.7. The number of ether oxygens (including phenoxy) is 2. The molecule has 0 unspecified atom stereocenters. The SMILES string of the molecule is O=C(CO[C@@H]1CC[C@@]2(O)[C@H]3Cc4ccc(O)c5c4[C@@]2(CCN3CC2CC2)[C@H]1O5)C1C2CC3CC(C2)CC1C3. The summed E-state index contributed by atoms with van der Waals surface area (Å²) in [5.74, 6) is 4.83. The molecule has 0 radical (unpaired) electrons. The molecule has 6 heteroatoms. The predicted octanol–water partition coefficient (Wildman–Crippen LogP) is 3.98. The highest BCUT2D eigenvalue weighted by molar-refractivity contribution is 5.83. The first kappa shape index (κ1) is 23.1. The molecule has 9 aliphatic rings. The molecule has 10 rings (SSSR count). The molecule has 2 heterocycles. The highest BCUT2D eigenvalue weighted by atomic mass is 16.6. The Morgan fingerprint density at radius 1 is 1.05 bits per heavy atom. The Hall–Kier alpha value is -1.63. The molecule has 204 valence electrons. The molecule has 1 saturated heterocycles. The number of nitrogens with zero attached hydrogens (tertiary/aromatic N) is 1. The number of Topliss-reactive ketones (excluding diaryl/α,β-unsaturated/α-hetero) is 1. The summed E-state index contributed by atoms with van der Waals surface area (Å²) in [6.45, 7) is 2.18. The Morgan fingerprint density at radius 2 is 1.82 bits per heavy atom. The second kappa shape index (κ2) is 7.76. The quantitative estimate of drug-likeness (QED) is 0.592. The molecule has 0 aromatic heterocycles. The smallest absolute Gasteiger partial charge is 0.165 e. The molecule has 5 atom stereocenters. The van der Waals surface area contributed by atoms with E-state index >= 15 is 0 Å². The number of aromatic hydroxyl groups is 1. The molecule has 2 aliphatic heterocycles. The number of hydrogen-bond donors (Lipinski definition) is 2. The average molecular weight is 520 g/mol. The van der Waals surface area contributed by atoms with Gasteiger partial charge in [-0.05, 0) is 118 Å². The summed E-state index contributed by atoms with van der Waals surface area (Å²) in [6.07, 6.45) is 11.3. The van der Waals surface area contributed by atoms with Gasteiger partial charge >= 0.3 is 0 Å². The summed E-state index contributed by atoms with van der Waals surface area (Å²) >= 11 is 0. The number of hydrogen-bond acceptors (Lipinski definition) is 6. The van der Waals surface area contributed by atoms with Gasteiger partial charge in [0.2, 0.25) is 0 Å². The fourth-order valence-corrected chi connectivity index (χ4v) is 11.3. The molecule has 7 fully saturated rings. The molecule has 1 aromatic rings. The van der Waals surface area contributed by atoms with Crippen molar-refractivity contribution in [2.24, 2.45) is 35.5 Å². The van der Waals surface area contributed by atoms with E-state index in [0.717, 1.165) is 49.2 Å². The summed E-state index contributed by atoms with van der Waals surface area (Å²) < 4.78 is 13.2. The van der Waals surface area contributed by atoms with E-state index in [2.05, 4.69) is 11.0 Å². The Kier molecular flexibility index (Phi) is 4.72. The first-order chi connectivity index (χ1) is 18.4. The Balaban J connectivity index is 1.01. The molecule has 1 spiro atoms. The lowest BCUT2D eigenvalue weighted by molar-refractivity contribution is -0.215. The molecule has 2 N–H and O–H groups in total. The van der Waals surface area contributed by atoms with Gasteiger partial charge < -0.3 is 19.7 Å². The maximum Gasteiger partial charge on any atom is 0.165 e. The summed E-state index contributed by atoms with van der Waals surface area (Å²) in [7, 11) is 0. The monoisotopic (exact) mass is 519 g/mol. The number of phenols is 1. The van der Waals surface area contributed by atoms with Gasteiger partial charge in [0.05, 0.1) is 17.1 Å². The number of phenolic OH excluding ortho intramolecular Hbond substituents is 1. The van der Waals surface area contributed by atoms with Crippen molar-refractivity contribution in [2.75, 3.05) is 19.7 Å². The molecule has 7 aliphatic carbocycles. The molecule has 6 saturated carbocycles. The van der Waals surface area contributed by atoms with E-state index < -0.39 is 11.0 Å². The van der Waals surface area contributed by atoms with E-state index in [1.54, 1.807) is 6.07 Å². The Bertz CT molecular complexity index is 1170. The fourth-order valence-electron chi connectivity index (χ4n) is 11.3. The third-order valence-corrected chi connectivity index (χ3v) is 12.7. The van der Waals surface area contributed by atoms with Gasteiger partial charge in [0, 0.05) is 24.1 Å². The van der Waals surface area contributed by atoms with Crippen LogP contribution in [0.2, 0.25) is 0 Å². The van der Waals surface area contributed by atoms with Gasteiger partial charge in [-0.1, -0.05) is 6.07 Å². The summed E-state index contributed by atoms with van der Waals surface area (Å²) in [4.78, 5) is 16.2. The second-order valence-electron chi connectivity index (χ2n) is 14.6. The zero-order valence-electron chi connectivity index (χ0n) is 22.3. The number of likely N-dealkylation sites (tertiary alicyclic amines) is 1. The van der Waals surface area contributed by atoms with Gasteiger partial charge in [-0.15, -0.1) is 0 Å². The third kappa shape index (κ3) is 2.93. The van der Waals surface area contributed by atoms with Crippen molar-refractivity contribution in [3.63, 3.8) is 0 Å². The van der Waals surface area contributed by atoms with Crippen molar-refractivity contribution < 1.29 is 24.5 Å². The second-order valence-corrected chi connectivity index (χ2v) is 14.6. The molecular weight excluding hydrogens is 478 g/mol. The number of rotatable bonds is 6. The summed E-state index contributed by atoms with van der Waals surface area (Å²) in [5.41, 5.74) is 0.768. The van der Waals surface area contributed by atoms with E-state index in [9.17, 15) is 15.0 Å². The van der Waals surface area contributed by atoms with Crippen molar-refractivity contribution in [3.8, 4) is 11.5 Å². The van der Waals surface area contributed by atoms with E-state index in [4.69, 9.17) is 9.47 Å². The van der Waals surface area contributed by atoms with Crippen LogP contribution < -0.4 is 4.74 Å². The standard InChI is InChI=1S/C32H41NO5/c34-23-4-3-20-14-26-32(36)6-5-25(37-16-24(35)27-21-10-18-9-19(12-21)13-22(27)11-18)30-31(32,28(20)29(23)38-30)7-8-33(26)15-17-1-2-17/h3-4,17-19,21-22,25-27,30,34,36H,1-2,5-16H2/t18?,19?,21?,22?,25-,26-,27?,30+,31+,32-/m1/s1. The lowest BCUT2D eigenvalue weighted by atomic mass is 9.48. The highest BCUT2D eigenvalue weighted by Crippen LogP contribution is 2.66. The maximum absolute atomic E-state index is 13.6. The van der Waals surface area contributed by atoms with Crippen molar-refractivity contribution in [3.05, 3.63) is 23.3 Å². The van der Waals surface area contributed by atoms with Crippen molar-refractivity contribution in [1.29, 1.82) is 0 Å². The summed E-state index contributed by atoms with van der Waals surface area (Å²) in [5, 5.41) is 23.5. The number of aliphatic hydroxyl groups is 1. The number of piperidine rings is 1. The molecule has 6 bridgehead atoms. The van der Waals surface area contributed by atoms with Crippen LogP contribution in [-0.2, 0) is 21.4 Å². The van der Waals surface area contributed by atoms with Crippen molar-refractivity contribution in [1.82, 2.24) is 4.90 Å². The molecule has 1 aromatic carbocycles. The van der Waals surface area contributed by atoms with Crippen LogP contribution in [-0.4, -0.2) is 64.4 Å². The fraction of sp³-hybridized carbons (Fsp3) is 0.781. The van der Waals surface area contributed by atoms with Crippen LogP contribution in [0.15, 0.2) is 12.1 Å². The lowest BCUT2D eigenvalue weighted by Crippen LogP contribution is -2.77. The van der Waals surface area contributed by atoms with Crippen LogP contribution in [0.5, 0.6) is 11.5 Å². The number of carbonyl (C=O) groups is 1. The van der Waals surface area contributed by atoms with Gasteiger partial charge in [-0.25, -0.2) is 0 Å². The minimum absolute atomic E-state index is 0.0709. The van der Waals surface area contributed by atoms with Crippen LogP contribution in [0.4, 0.5) is 0 Å². The average Bonchev–Trinajstić information content (AvgIpc) is 3.63. The van der Waals surface area contributed by atoms with E-state index in [1.807, 2.05) is 0 Å². The largest absolute Gasteiger partial charge is 0.504 e. The maximum atomic E-state index is 13.6. The molecule has 0 amide bonds. The van der Waals surface area contributed by atoms with Crippen LogP contribution in [0.1, 0.15) is 75.3 Å². The van der Waals surface area contributed by atoms with Crippen molar-refractivity contribution in [2.45, 2.75) is 99.9 Å². The first-order valence-corrected chi connectivity index (χ1v) is 15.6. The normalized spacial score (nSPS) is 47.6. The van der Waals surface area contributed by atoms with E-state index in [-0.39, 0.29) is 36.5 Å². The van der Waals surface area contributed by atoms with Gasteiger partial charge in [-0.3, -0.25) is 9.69 Å². The number of benzene rings is 1. The Morgan fingerprint density at radius 3 is 2.55 bits per heavy atom. The highest BCUT2D eigenvalue weighted by Gasteiger charge is 2.73.